The molecule has 0 bridgehead atoms. The topological polar surface area (TPSA) is 46.3 Å². The van der Waals surface area contributed by atoms with E-state index in [1.54, 1.807) is 0 Å². The number of carbonyl (C=O) groups excluding carboxylic acids is 1. The Morgan fingerprint density at radius 3 is 2.37 bits per heavy atom. The first-order chi connectivity index (χ1) is 8.86. The molecule has 0 spiro atoms. The molecule has 0 saturated heterocycles. The molecule has 108 valence electrons. The van der Waals surface area contributed by atoms with Crippen LogP contribution >= 0.6 is 12.2 Å². The van der Waals surface area contributed by atoms with Crippen LogP contribution in [0.4, 0.5) is 0 Å². The third kappa shape index (κ3) is 2.64. The molecule has 0 aromatic rings. The minimum absolute atomic E-state index is 0.164. The minimum Gasteiger partial charge on any atom is -0.392 e. The van der Waals surface area contributed by atoms with Gasteiger partial charge in [0.15, 0.2) is 0 Å². The molecular weight excluding hydrogens is 256 g/mol. The summed E-state index contributed by atoms with van der Waals surface area (Å²) in [6.45, 7) is 4.44. The van der Waals surface area contributed by atoms with Crippen molar-refractivity contribution in [1.82, 2.24) is 4.90 Å². The van der Waals surface area contributed by atoms with Crippen LogP contribution in [0, 0.1) is 17.3 Å². The Balaban J connectivity index is 2.07. The molecule has 1 amide bonds. The Morgan fingerprint density at radius 1 is 1.26 bits per heavy atom. The molecule has 0 aliphatic heterocycles. The zero-order valence-corrected chi connectivity index (χ0v) is 13.1. The smallest absolute Gasteiger partial charge is 0.235 e. The Kier molecular flexibility index (Phi) is 4.19. The summed E-state index contributed by atoms with van der Waals surface area (Å²) in [7, 11) is 1.94. The van der Waals surface area contributed by atoms with Gasteiger partial charge < -0.3 is 10.6 Å². The van der Waals surface area contributed by atoms with Gasteiger partial charge in [0.1, 0.15) is 0 Å². The van der Waals surface area contributed by atoms with Gasteiger partial charge in [-0.2, -0.15) is 0 Å². The van der Waals surface area contributed by atoms with E-state index < -0.39 is 5.41 Å². The Morgan fingerprint density at radius 2 is 1.89 bits per heavy atom. The molecule has 0 aromatic carbocycles. The van der Waals surface area contributed by atoms with Crippen molar-refractivity contribution in [1.29, 1.82) is 0 Å². The van der Waals surface area contributed by atoms with E-state index in [0.29, 0.717) is 16.9 Å². The first-order valence-electron chi connectivity index (χ1n) is 7.44. The number of amides is 1. The first-order valence-corrected chi connectivity index (χ1v) is 7.85. The van der Waals surface area contributed by atoms with E-state index >= 15 is 0 Å². The molecule has 2 rings (SSSR count). The van der Waals surface area contributed by atoms with E-state index in [-0.39, 0.29) is 5.91 Å². The number of carbonyl (C=O) groups is 1. The second-order valence-electron chi connectivity index (χ2n) is 6.80. The van der Waals surface area contributed by atoms with E-state index in [0.717, 1.165) is 31.6 Å². The number of hydrogen-bond donors (Lipinski definition) is 1. The highest BCUT2D eigenvalue weighted by Gasteiger charge is 2.52. The second-order valence-corrected chi connectivity index (χ2v) is 7.24. The molecule has 0 heterocycles. The first kappa shape index (κ1) is 14.8. The Hall–Kier alpha value is -0.640. The molecule has 0 aromatic heterocycles. The molecule has 2 N–H and O–H groups in total. The number of rotatable bonds is 3. The van der Waals surface area contributed by atoms with E-state index in [4.69, 9.17) is 18.0 Å². The predicted octanol–water partition coefficient (Wildman–Crippen LogP) is 2.73. The van der Waals surface area contributed by atoms with Gasteiger partial charge in [-0.25, -0.2) is 0 Å². The maximum Gasteiger partial charge on any atom is 0.235 e. The van der Waals surface area contributed by atoms with Gasteiger partial charge in [0, 0.05) is 13.1 Å². The third-order valence-corrected chi connectivity index (χ3v) is 5.44. The van der Waals surface area contributed by atoms with E-state index in [9.17, 15) is 4.79 Å². The highest BCUT2D eigenvalue weighted by atomic mass is 32.1. The summed E-state index contributed by atoms with van der Waals surface area (Å²) >= 11 is 5.18. The average molecular weight is 282 g/mol. The van der Waals surface area contributed by atoms with Gasteiger partial charge in [-0.05, 0) is 37.5 Å². The SMILES string of the molecule is CC1CCCC(N(C)C(=O)C2(C(N)=S)CC(C)C2)C1. The van der Waals surface area contributed by atoms with Crippen molar-refractivity contribution < 1.29 is 4.79 Å². The number of thiocarbonyl (C=S) groups is 1. The van der Waals surface area contributed by atoms with Crippen molar-refractivity contribution in [3.8, 4) is 0 Å². The highest BCUT2D eigenvalue weighted by Crippen LogP contribution is 2.47. The normalized spacial score (nSPS) is 38.4. The molecule has 19 heavy (non-hydrogen) atoms. The van der Waals surface area contributed by atoms with Gasteiger partial charge in [-0.1, -0.05) is 38.9 Å². The van der Waals surface area contributed by atoms with Gasteiger partial charge in [0.25, 0.3) is 0 Å². The van der Waals surface area contributed by atoms with E-state index in [2.05, 4.69) is 13.8 Å². The molecule has 3 nitrogen and oxygen atoms in total. The zero-order chi connectivity index (χ0) is 14.2. The van der Waals surface area contributed by atoms with Crippen LogP contribution < -0.4 is 5.73 Å². The van der Waals surface area contributed by atoms with Crippen LogP contribution in [0.5, 0.6) is 0 Å². The fourth-order valence-corrected chi connectivity index (χ4v) is 4.12. The van der Waals surface area contributed by atoms with Crippen LogP contribution in [0.2, 0.25) is 0 Å². The maximum atomic E-state index is 12.8. The zero-order valence-electron chi connectivity index (χ0n) is 12.3. The lowest BCUT2D eigenvalue weighted by Gasteiger charge is -2.48. The van der Waals surface area contributed by atoms with Crippen LogP contribution in [-0.2, 0) is 4.79 Å². The van der Waals surface area contributed by atoms with Crippen LogP contribution in [0.25, 0.3) is 0 Å². The monoisotopic (exact) mass is 282 g/mol. The summed E-state index contributed by atoms with van der Waals surface area (Å²) in [5.41, 5.74) is 5.34. The van der Waals surface area contributed by atoms with Gasteiger partial charge in [0.05, 0.1) is 10.4 Å². The van der Waals surface area contributed by atoms with Gasteiger partial charge in [-0.15, -0.1) is 0 Å². The quantitative estimate of drug-likeness (QED) is 0.810. The summed E-state index contributed by atoms with van der Waals surface area (Å²) in [6, 6.07) is 0.374. The van der Waals surface area contributed by atoms with Crippen LogP contribution in [0.1, 0.15) is 52.4 Å². The molecule has 2 aliphatic carbocycles. The molecule has 0 radical (unpaired) electrons. The molecule has 2 unspecified atom stereocenters. The molecule has 2 fully saturated rings. The van der Waals surface area contributed by atoms with Crippen LogP contribution in [0.15, 0.2) is 0 Å². The molecule has 4 heteroatoms. The Labute approximate surface area is 121 Å². The average Bonchev–Trinajstić information content (AvgIpc) is 2.32. The molecule has 2 saturated carbocycles. The lowest BCUT2D eigenvalue weighted by Crippen LogP contribution is -2.58. The maximum absolute atomic E-state index is 12.8. The summed E-state index contributed by atoms with van der Waals surface area (Å²) in [5.74, 6) is 1.44. The van der Waals surface area contributed by atoms with Crippen molar-refractivity contribution in [3.63, 3.8) is 0 Å². The number of nitrogens with two attached hydrogens (primary N) is 1. The fourth-order valence-electron chi connectivity index (χ4n) is 3.87. The number of nitrogens with zero attached hydrogens (tertiary/aromatic N) is 1. The van der Waals surface area contributed by atoms with Crippen molar-refractivity contribution in [2.45, 2.75) is 58.4 Å². The van der Waals surface area contributed by atoms with Crippen molar-refractivity contribution in [3.05, 3.63) is 0 Å². The van der Waals surface area contributed by atoms with Crippen molar-refractivity contribution in [2.24, 2.45) is 23.0 Å². The third-order valence-electron chi connectivity index (χ3n) is 5.05. The summed E-state index contributed by atoms with van der Waals surface area (Å²) in [4.78, 5) is 15.1. The van der Waals surface area contributed by atoms with Crippen molar-refractivity contribution in [2.75, 3.05) is 7.05 Å². The minimum atomic E-state index is -0.538. The van der Waals surface area contributed by atoms with Crippen molar-refractivity contribution >= 4 is 23.1 Å². The number of hydrogen-bond acceptors (Lipinski definition) is 2. The second kappa shape index (κ2) is 5.39. The lowest BCUT2D eigenvalue weighted by molar-refractivity contribution is -0.145. The molecule has 2 atom stereocenters. The standard InChI is InChI=1S/C15H26N2OS/c1-10-5-4-6-12(7-10)17(3)14(18)15(13(16)19)8-11(2)9-15/h10-12H,4-9H2,1-3H3,(H2,16,19). The fraction of sp³-hybridized carbons (Fsp3) is 0.867. The van der Waals surface area contributed by atoms with Crippen LogP contribution in [-0.4, -0.2) is 28.9 Å². The molecule has 2 aliphatic rings. The van der Waals surface area contributed by atoms with Gasteiger partial charge in [-0.3, -0.25) is 4.79 Å². The van der Waals surface area contributed by atoms with Crippen LogP contribution in [0.3, 0.4) is 0 Å². The lowest BCUT2D eigenvalue weighted by atomic mass is 9.61. The molecular formula is C15H26N2OS. The summed E-state index contributed by atoms with van der Waals surface area (Å²) in [5, 5.41) is 0. The van der Waals surface area contributed by atoms with E-state index in [1.807, 2.05) is 11.9 Å². The summed E-state index contributed by atoms with van der Waals surface area (Å²) in [6.07, 6.45) is 6.40. The highest BCUT2D eigenvalue weighted by molar-refractivity contribution is 7.80. The van der Waals surface area contributed by atoms with Gasteiger partial charge >= 0.3 is 0 Å². The summed E-state index contributed by atoms with van der Waals surface area (Å²) < 4.78 is 0. The van der Waals surface area contributed by atoms with Gasteiger partial charge in [0.2, 0.25) is 5.91 Å². The van der Waals surface area contributed by atoms with E-state index in [1.165, 1.54) is 12.8 Å². The largest absolute Gasteiger partial charge is 0.392 e. The predicted molar refractivity (Wildman–Crippen MR) is 81.8 cm³/mol. The Bertz CT molecular complexity index is 376.